The number of hydrogen-bond acceptors (Lipinski definition) is 5. The quantitative estimate of drug-likeness (QED) is 0.345. The lowest BCUT2D eigenvalue weighted by molar-refractivity contribution is -0.134. The summed E-state index contributed by atoms with van der Waals surface area (Å²) in [7, 11) is 4.79. The van der Waals surface area contributed by atoms with E-state index in [4.69, 9.17) is 14.2 Å². The standard InChI is InChI=1S/C29H34N2O5/c1-34-26-14-10-23(11-15-26)18-29(33)31(20-24-12-16-27(35-2)28(17-24)36-3)25(19-30-21-32)13-9-22-7-5-4-6-8-22/h4-8,10-12,14-17,21,25H,9,13,18-20H2,1-3H3,(H,30,32)/t25-/m0/s1. The average Bonchev–Trinajstić information content (AvgIpc) is 2.92. The van der Waals surface area contributed by atoms with Crippen molar-refractivity contribution >= 4 is 12.3 Å². The fourth-order valence-electron chi connectivity index (χ4n) is 4.15. The van der Waals surface area contributed by atoms with Gasteiger partial charge in [-0.25, -0.2) is 0 Å². The minimum atomic E-state index is -0.200. The van der Waals surface area contributed by atoms with Gasteiger partial charge in [0.05, 0.1) is 27.8 Å². The molecule has 0 heterocycles. The average molecular weight is 491 g/mol. The summed E-state index contributed by atoms with van der Waals surface area (Å²) in [6.07, 6.45) is 2.40. The molecule has 7 nitrogen and oxygen atoms in total. The van der Waals surface area contributed by atoms with Gasteiger partial charge in [-0.1, -0.05) is 48.5 Å². The number of aryl methyl sites for hydroxylation is 1. The van der Waals surface area contributed by atoms with E-state index in [-0.39, 0.29) is 18.4 Å². The summed E-state index contributed by atoms with van der Waals surface area (Å²) in [5, 5.41) is 2.79. The van der Waals surface area contributed by atoms with Crippen LogP contribution in [0.5, 0.6) is 17.2 Å². The maximum Gasteiger partial charge on any atom is 0.227 e. The van der Waals surface area contributed by atoms with E-state index < -0.39 is 0 Å². The molecule has 3 rings (SSSR count). The maximum absolute atomic E-state index is 13.7. The van der Waals surface area contributed by atoms with Gasteiger partial charge in [-0.2, -0.15) is 0 Å². The Morgan fingerprint density at radius 1 is 0.861 bits per heavy atom. The zero-order chi connectivity index (χ0) is 25.8. The molecule has 0 aromatic heterocycles. The van der Waals surface area contributed by atoms with Gasteiger partial charge in [0, 0.05) is 19.1 Å². The number of rotatable bonds is 14. The molecule has 0 unspecified atom stereocenters. The first-order valence-electron chi connectivity index (χ1n) is 11.9. The van der Waals surface area contributed by atoms with Crippen molar-refractivity contribution < 1.29 is 23.8 Å². The van der Waals surface area contributed by atoms with Crippen molar-refractivity contribution in [3.63, 3.8) is 0 Å². The van der Waals surface area contributed by atoms with Gasteiger partial charge in [-0.05, 0) is 53.8 Å². The molecule has 0 aliphatic rings. The fraction of sp³-hybridized carbons (Fsp3) is 0.310. The van der Waals surface area contributed by atoms with E-state index in [9.17, 15) is 9.59 Å². The summed E-state index contributed by atoms with van der Waals surface area (Å²) >= 11 is 0. The normalized spacial score (nSPS) is 11.3. The highest BCUT2D eigenvalue weighted by Crippen LogP contribution is 2.29. The van der Waals surface area contributed by atoms with E-state index in [0.717, 1.165) is 23.3 Å². The lowest BCUT2D eigenvalue weighted by Crippen LogP contribution is -2.46. The van der Waals surface area contributed by atoms with Gasteiger partial charge in [0.2, 0.25) is 12.3 Å². The molecule has 0 bridgehead atoms. The Hall–Kier alpha value is -4.00. The second-order valence-corrected chi connectivity index (χ2v) is 8.44. The molecule has 0 saturated carbocycles. The number of carbonyl (C=O) groups excluding carboxylic acids is 2. The molecule has 1 N–H and O–H groups in total. The molecule has 3 aromatic carbocycles. The Balaban J connectivity index is 1.88. The Labute approximate surface area is 213 Å². The van der Waals surface area contributed by atoms with Crippen LogP contribution in [0, 0.1) is 0 Å². The minimum absolute atomic E-state index is 0.0271. The van der Waals surface area contributed by atoms with Crippen molar-refractivity contribution in [1.29, 1.82) is 0 Å². The molecular formula is C29H34N2O5. The van der Waals surface area contributed by atoms with E-state index >= 15 is 0 Å². The molecule has 0 spiro atoms. The molecule has 7 heteroatoms. The van der Waals surface area contributed by atoms with Gasteiger partial charge >= 0.3 is 0 Å². The number of nitrogens with one attached hydrogen (secondary N) is 1. The smallest absolute Gasteiger partial charge is 0.227 e. The number of amides is 2. The molecule has 2 amide bonds. The summed E-state index contributed by atoms with van der Waals surface area (Å²) in [6, 6.07) is 23.1. The van der Waals surface area contributed by atoms with Crippen molar-refractivity contribution in [2.75, 3.05) is 27.9 Å². The molecular weight excluding hydrogens is 456 g/mol. The molecule has 0 aliphatic carbocycles. The number of methoxy groups -OCH3 is 3. The highest BCUT2D eigenvalue weighted by molar-refractivity contribution is 5.79. The van der Waals surface area contributed by atoms with Crippen molar-refractivity contribution in [3.05, 3.63) is 89.5 Å². The zero-order valence-electron chi connectivity index (χ0n) is 21.1. The van der Waals surface area contributed by atoms with E-state index in [1.165, 1.54) is 5.56 Å². The first kappa shape index (κ1) is 26.6. The van der Waals surface area contributed by atoms with Gasteiger partial charge < -0.3 is 24.4 Å². The molecule has 0 radical (unpaired) electrons. The SMILES string of the molecule is COc1ccc(CC(=O)N(Cc2ccc(OC)c(OC)c2)[C@@H](CCc2ccccc2)CNC=O)cc1. The lowest BCUT2D eigenvalue weighted by atomic mass is 10.0. The van der Waals surface area contributed by atoms with Crippen LogP contribution >= 0.6 is 0 Å². The summed E-state index contributed by atoms with van der Waals surface area (Å²) in [5.74, 6) is 1.94. The van der Waals surface area contributed by atoms with Crippen LogP contribution in [0.4, 0.5) is 0 Å². The molecule has 190 valence electrons. The Morgan fingerprint density at radius 2 is 1.56 bits per heavy atom. The van der Waals surface area contributed by atoms with Gasteiger partial charge in [-0.3, -0.25) is 9.59 Å². The van der Waals surface area contributed by atoms with Crippen LogP contribution in [0.1, 0.15) is 23.1 Å². The highest BCUT2D eigenvalue weighted by atomic mass is 16.5. The monoisotopic (exact) mass is 490 g/mol. The molecule has 0 fully saturated rings. The van der Waals surface area contributed by atoms with Gasteiger partial charge in [-0.15, -0.1) is 0 Å². The van der Waals surface area contributed by atoms with Crippen LogP contribution in [-0.4, -0.2) is 51.1 Å². The maximum atomic E-state index is 13.7. The van der Waals surface area contributed by atoms with Crippen molar-refractivity contribution in [2.24, 2.45) is 0 Å². The van der Waals surface area contributed by atoms with Crippen LogP contribution in [0.15, 0.2) is 72.8 Å². The molecule has 3 aromatic rings. The largest absolute Gasteiger partial charge is 0.497 e. The summed E-state index contributed by atoms with van der Waals surface area (Å²) in [4.78, 5) is 26.7. The number of ether oxygens (including phenoxy) is 3. The van der Waals surface area contributed by atoms with E-state index in [2.05, 4.69) is 17.4 Å². The predicted molar refractivity (Wildman–Crippen MR) is 139 cm³/mol. The Bertz CT molecular complexity index is 1100. The van der Waals surface area contributed by atoms with E-state index in [0.29, 0.717) is 37.4 Å². The molecule has 0 saturated heterocycles. The summed E-state index contributed by atoms with van der Waals surface area (Å²) in [5.41, 5.74) is 2.98. The van der Waals surface area contributed by atoms with E-state index in [1.807, 2.05) is 65.6 Å². The zero-order valence-corrected chi connectivity index (χ0v) is 21.1. The lowest BCUT2D eigenvalue weighted by Gasteiger charge is -2.32. The van der Waals surface area contributed by atoms with E-state index in [1.54, 1.807) is 21.3 Å². The highest BCUT2D eigenvalue weighted by Gasteiger charge is 2.24. The number of carbonyl (C=O) groups is 2. The van der Waals surface area contributed by atoms with Crippen LogP contribution in [-0.2, 0) is 29.0 Å². The topological polar surface area (TPSA) is 77.1 Å². The Kier molecular flexibility index (Phi) is 10.2. The molecule has 0 aliphatic heterocycles. The van der Waals surface area contributed by atoms with Crippen molar-refractivity contribution in [3.8, 4) is 17.2 Å². The minimum Gasteiger partial charge on any atom is -0.497 e. The van der Waals surface area contributed by atoms with Crippen molar-refractivity contribution in [1.82, 2.24) is 10.2 Å². The number of hydrogen-bond donors (Lipinski definition) is 1. The van der Waals surface area contributed by atoms with Crippen LogP contribution < -0.4 is 19.5 Å². The first-order valence-corrected chi connectivity index (χ1v) is 11.9. The van der Waals surface area contributed by atoms with Gasteiger partial charge in [0.15, 0.2) is 11.5 Å². The van der Waals surface area contributed by atoms with Gasteiger partial charge in [0.1, 0.15) is 5.75 Å². The van der Waals surface area contributed by atoms with Crippen LogP contribution in [0.2, 0.25) is 0 Å². The number of benzene rings is 3. The Morgan fingerprint density at radius 3 is 2.19 bits per heavy atom. The first-order chi connectivity index (χ1) is 17.6. The second-order valence-electron chi connectivity index (χ2n) is 8.44. The molecule has 36 heavy (non-hydrogen) atoms. The fourth-order valence-corrected chi connectivity index (χ4v) is 4.15. The second kappa shape index (κ2) is 13.8. The summed E-state index contributed by atoms with van der Waals surface area (Å²) in [6.45, 7) is 0.729. The third-order valence-corrected chi connectivity index (χ3v) is 6.12. The van der Waals surface area contributed by atoms with Crippen LogP contribution in [0.3, 0.4) is 0 Å². The van der Waals surface area contributed by atoms with Crippen molar-refractivity contribution in [2.45, 2.75) is 31.8 Å². The van der Waals surface area contributed by atoms with Crippen LogP contribution in [0.25, 0.3) is 0 Å². The predicted octanol–water partition coefficient (Wildman–Crippen LogP) is 4.03. The van der Waals surface area contributed by atoms with Gasteiger partial charge in [0.25, 0.3) is 0 Å². The third-order valence-electron chi connectivity index (χ3n) is 6.12. The number of nitrogens with zero attached hydrogens (tertiary/aromatic N) is 1. The summed E-state index contributed by atoms with van der Waals surface area (Å²) < 4.78 is 16.1. The molecule has 1 atom stereocenters. The third kappa shape index (κ3) is 7.50.